The van der Waals surface area contributed by atoms with Crippen molar-refractivity contribution in [3.8, 4) is 0 Å². The number of allylic oxidation sites excluding steroid dienone is 1. The fourth-order valence-corrected chi connectivity index (χ4v) is 3.18. The van der Waals surface area contributed by atoms with Crippen molar-refractivity contribution in [1.29, 1.82) is 0 Å². The van der Waals surface area contributed by atoms with Crippen LogP contribution in [-0.2, 0) is 9.47 Å². The highest BCUT2D eigenvalue weighted by Crippen LogP contribution is 2.51. The number of hydrogen-bond acceptors (Lipinski definition) is 2. The predicted molar refractivity (Wildman–Crippen MR) is 67.9 cm³/mol. The van der Waals surface area contributed by atoms with Gasteiger partial charge in [0.2, 0.25) is 0 Å². The van der Waals surface area contributed by atoms with E-state index in [-0.39, 0.29) is 16.6 Å². The third-order valence-electron chi connectivity index (χ3n) is 4.78. The molecule has 0 saturated carbocycles. The third-order valence-corrected chi connectivity index (χ3v) is 4.78. The lowest BCUT2D eigenvalue weighted by Gasteiger charge is -2.19. The maximum absolute atomic E-state index is 5.92. The van der Waals surface area contributed by atoms with Gasteiger partial charge in [-0.15, -0.1) is 0 Å². The normalized spacial score (nSPS) is 53.9. The molecule has 0 aromatic rings. The second-order valence-electron chi connectivity index (χ2n) is 7.18. The standard InChI is InChI=1S/C15H24O2/c1-13(2)7-5-8-14(3)11(16-14)6-9-15(4)12(10-13)17-15/h5,7,11-12H,6,8-10H2,1-4H3/b7-5+. The molecular weight excluding hydrogens is 212 g/mol. The minimum atomic E-state index is 0.109. The third kappa shape index (κ3) is 2.17. The first-order valence-electron chi connectivity index (χ1n) is 6.86. The van der Waals surface area contributed by atoms with Crippen LogP contribution in [0.25, 0.3) is 0 Å². The molecule has 96 valence electrons. The number of rotatable bonds is 0. The van der Waals surface area contributed by atoms with Crippen LogP contribution < -0.4 is 0 Å². The molecule has 2 heteroatoms. The van der Waals surface area contributed by atoms with E-state index in [0.29, 0.717) is 12.2 Å². The number of ether oxygens (including phenoxy) is 2. The molecule has 0 aromatic carbocycles. The molecule has 2 aliphatic heterocycles. The van der Waals surface area contributed by atoms with E-state index in [9.17, 15) is 0 Å². The molecule has 2 heterocycles. The van der Waals surface area contributed by atoms with Gasteiger partial charge in [0.1, 0.15) is 0 Å². The maximum atomic E-state index is 5.92. The fourth-order valence-electron chi connectivity index (χ4n) is 3.18. The number of hydrogen-bond donors (Lipinski definition) is 0. The van der Waals surface area contributed by atoms with E-state index >= 15 is 0 Å². The van der Waals surface area contributed by atoms with Crippen LogP contribution in [0.3, 0.4) is 0 Å². The Balaban J connectivity index is 1.77. The van der Waals surface area contributed by atoms with Gasteiger partial charge in [-0.1, -0.05) is 26.0 Å². The van der Waals surface area contributed by atoms with Gasteiger partial charge < -0.3 is 9.47 Å². The molecule has 0 N–H and O–H groups in total. The summed E-state index contributed by atoms with van der Waals surface area (Å²) >= 11 is 0. The first-order valence-corrected chi connectivity index (χ1v) is 6.86. The topological polar surface area (TPSA) is 25.1 Å². The Bertz CT molecular complexity index is 360. The molecule has 3 aliphatic rings. The molecule has 0 aromatic heterocycles. The fraction of sp³-hybridized carbons (Fsp3) is 0.867. The van der Waals surface area contributed by atoms with Crippen LogP contribution in [-0.4, -0.2) is 23.4 Å². The summed E-state index contributed by atoms with van der Waals surface area (Å²) in [6.07, 6.45) is 10.1. The quantitative estimate of drug-likeness (QED) is 0.475. The molecule has 4 unspecified atom stereocenters. The van der Waals surface area contributed by atoms with E-state index in [4.69, 9.17) is 9.47 Å². The average molecular weight is 236 g/mol. The zero-order chi connectivity index (χ0) is 12.3. The van der Waals surface area contributed by atoms with Crippen molar-refractivity contribution in [2.24, 2.45) is 5.41 Å². The van der Waals surface area contributed by atoms with Crippen molar-refractivity contribution in [1.82, 2.24) is 0 Å². The molecule has 0 bridgehead atoms. The highest BCUT2D eigenvalue weighted by molar-refractivity contribution is 5.12. The van der Waals surface area contributed by atoms with Gasteiger partial charge >= 0.3 is 0 Å². The molecule has 3 rings (SSSR count). The molecule has 4 atom stereocenters. The van der Waals surface area contributed by atoms with Crippen LogP contribution >= 0.6 is 0 Å². The Morgan fingerprint density at radius 2 is 1.71 bits per heavy atom. The largest absolute Gasteiger partial charge is 0.366 e. The van der Waals surface area contributed by atoms with Gasteiger partial charge in [0, 0.05) is 0 Å². The molecule has 2 saturated heterocycles. The van der Waals surface area contributed by atoms with Crippen LogP contribution in [0.4, 0.5) is 0 Å². The smallest absolute Gasteiger partial charge is 0.0954 e. The molecule has 0 radical (unpaired) electrons. The summed E-state index contributed by atoms with van der Waals surface area (Å²) in [7, 11) is 0. The average Bonchev–Trinajstić information content (AvgIpc) is 3.01. The lowest BCUT2D eigenvalue weighted by molar-refractivity contribution is 0.267. The minimum absolute atomic E-state index is 0.109. The summed E-state index contributed by atoms with van der Waals surface area (Å²) in [5.41, 5.74) is 0.480. The second kappa shape index (κ2) is 3.36. The number of fused-ring (bicyclic) bond motifs is 2. The van der Waals surface area contributed by atoms with E-state index in [1.165, 1.54) is 0 Å². The van der Waals surface area contributed by atoms with Crippen LogP contribution in [0.1, 0.15) is 53.4 Å². The van der Waals surface area contributed by atoms with Crippen LogP contribution in [0, 0.1) is 5.41 Å². The van der Waals surface area contributed by atoms with E-state index < -0.39 is 0 Å². The van der Waals surface area contributed by atoms with Crippen molar-refractivity contribution in [2.45, 2.75) is 76.8 Å². The highest BCUT2D eigenvalue weighted by atomic mass is 16.6. The minimum Gasteiger partial charge on any atom is -0.366 e. The molecule has 1 aliphatic carbocycles. The zero-order valence-corrected chi connectivity index (χ0v) is 11.5. The summed E-state index contributed by atoms with van der Waals surface area (Å²) in [6, 6.07) is 0. The van der Waals surface area contributed by atoms with Crippen molar-refractivity contribution in [2.75, 3.05) is 0 Å². The first kappa shape index (κ1) is 11.7. The van der Waals surface area contributed by atoms with Gasteiger partial charge in [-0.3, -0.25) is 0 Å². The van der Waals surface area contributed by atoms with E-state index in [1.54, 1.807) is 0 Å². The Kier molecular flexibility index (Phi) is 2.32. The Labute approximate surface area is 104 Å². The SMILES string of the molecule is CC1(C)/C=C/CC2(C)OC2CCC2(C)OC2C1. The van der Waals surface area contributed by atoms with Crippen molar-refractivity contribution in [3.05, 3.63) is 12.2 Å². The second-order valence-corrected chi connectivity index (χ2v) is 7.18. The predicted octanol–water partition coefficient (Wildman–Crippen LogP) is 3.46. The lowest BCUT2D eigenvalue weighted by atomic mass is 9.84. The Morgan fingerprint density at radius 1 is 1.00 bits per heavy atom. The Hall–Kier alpha value is -0.340. The van der Waals surface area contributed by atoms with Crippen LogP contribution in [0.5, 0.6) is 0 Å². The molecule has 0 spiro atoms. The van der Waals surface area contributed by atoms with Crippen LogP contribution in [0.15, 0.2) is 12.2 Å². The van der Waals surface area contributed by atoms with Gasteiger partial charge in [-0.05, 0) is 44.9 Å². The molecule has 0 amide bonds. The summed E-state index contributed by atoms with van der Waals surface area (Å²) < 4.78 is 11.8. The summed E-state index contributed by atoms with van der Waals surface area (Å²) in [6.45, 7) is 9.10. The van der Waals surface area contributed by atoms with Crippen LogP contribution in [0.2, 0.25) is 0 Å². The van der Waals surface area contributed by atoms with Crippen molar-refractivity contribution < 1.29 is 9.47 Å². The Morgan fingerprint density at radius 3 is 2.47 bits per heavy atom. The van der Waals surface area contributed by atoms with Gasteiger partial charge in [0.15, 0.2) is 0 Å². The summed E-state index contributed by atoms with van der Waals surface area (Å²) in [5, 5.41) is 0. The van der Waals surface area contributed by atoms with Gasteiger partial charge in [-0.2, -0.15) is 0 Å². The summed E-state index contributed by atoms with van der Waals surface area (Å²) in [4.78, 5) is 0. The molecule has 2 nitrogen and oxygen atoms in total. The summed E-state index contributed by atoms with van der Waals surface area (Å²) in [5.74, 6) is 0. The van der Waals surface area contributed by atoms with E-state index in [0.717, 1.165) is 25.7 Å². The van der Waals surface area contributed by atoms with Crippen molar-refractivity contribution in [3.63, 3.8) is 0 Å². The monoisotopic (exact) mass is 236 g/mol. The zero-order valence-electron chi connectivity index (χ0n) is 11.5. The number of epoxide rings is 2. The highest BCUT2D eigenvalue weighted by Gasteiger charge is 2.57. The first-order chi connectivity index (χ1) is 7.83. The van der Waals surface area contributed by atoms with E-state index in [2.05, 4.69) is 39.8 Å². The molecular formula is C15H24O2. The van der Waals surface area contributed by atoms with Gasteiger partial charge in [0.25, 0.3) is 0 Å². The molecule has 17 heavy (non-hydrogen) atoms. The van der Waals surface area contributed by atoms with E-state index in [1.807, 2.05) is 0 Å². The van der Waals surface area contributed by atoms with Gasteiger partial charge in [-0.25, -0.2) is 0 Å². The van der Waals surface area contributed by atoms with Crippen molar-refractivity contribution >= 4 is 0 Å². The lowest BCUT2D eigenvalue weighted by Crippen LogP contribution is -2.17. The maximum Gasteiger partial charge on any atom is 0.0954 e. The van der Waals surface area contributed by atoms with Gasteiger partial charge in [0.05, 0.1) is 23.4 Å². The molecule has 2 fully saturated rings.